The summed E-state index contributed by atoms with van der Waals surface area (Å²) in [5.41, 5.74) is 0. The minimum absolute atomic E-state index is 0.0143. The van der Waals surface area contributed by atoms with Gasteiger partial charge in [0, 0.05) is 13.1 Å². The van der Waals surface area contributed by atoms with Crippen molar-refractivity contribution in [1.82, 2.24) is 10.6 Å². The Morgan fingerprint density at radius 3 is 1.31 bits per heavy atom. The lowest BCUT2D eigenvalue weighted by Crippen LogP contribution is -2.36. The van der Waals surface area contributed by atoms with Gasteiger partial charge in [0.15, 0.2) is 0 Å². The molecule has 3 heteroatoms. The smallest absolute Gasteiger partial charge is 0.314 e. The van der Waals surface area contributed by atoms with Crippen LogP contribution in [0.15, 0.2) is 12.7 Å². The second-order valence-corrected chi connectivity index (χ2v) is 8.62. The third-order valence-corrected chi connectivity index (χ3v) is 5.69. The molecular formula is C26H52N2O. The molecule has 0 aromatic carbocycles. The SMILES string of the molecule is C=CCCCCCCCCCCCNC(=O)NCCCCCCCCCCCC. The quantitative estimate of drug-likeness (QED) is 0.129. The molecule has 0 aliphatic rings. The van der Waals surface area contributed by atoms with E-state index in [1.54, 1.807) is 0 Å². The fourth-order valence-electron chi connectivity index (χ4n) is 3.73. The third kappa shape index (κ3) is 25.0. The van der Waals surface area contributed by atoms with Crippen LogP contribution in [0.2, 0.25) is 0 Å². The molecule has 29 heavy (non-hydrogen) atoms. The van der Waals surface area contributed by atoms with E-state index in [1.165, 1.54) is 116 Å². The summed E-state index contributed by atoms with van der Waals surface area (Å²) in [5.74, 6) is 0. The number of hydrogen-bond acceptors (Lipinski definition) is 1. The Bertz CT molecular complexity index is 344. The first-order chi connectivity index (χ1) is 14.3. The molecule has 0 heterocycles. The van der Waals surface area contributed by atoms with Gasteiger partial charge >= 0.3 is 6.03 Å². The number of urea groups is 1. The van der Waals surface area contributed by atoms with Crippen molar-refractivity contribution in [2.75, 3.05) is 13.1 Å². The van der Waals surface area contributed by atoms with Crippen LogP contribution in [0.4, 0.5) is 4.79 Å². The van der Waals surface area contributed by atoms with E-state index >= 15 is 0 Å². The average molecular weight is 409 g/mol. The van der Waals surface area contributed by atoms with Crippen molar-refractivity contribution < 1.29 is 4.79 Å². The number of allylic oxidation sites excluding steroid dienone is 1. The van der Waals surface area contributed by atoms with Crippen LogP contribution in [-0.4, -0.2) is 19.1 Å². The fourth-order valence-corrected chi connectivity index (χ4v) is 3.73. The molecule has 0 rings (SSSR count). The summed E-state index contributed by atoms with van der Waals surface area (Å²) >= 11 is 0. The van der Waals surface area contributed by atoms with Crippen LogP contribution < -0.4 is 10.6 Å². The average Bonchev–Trinajstić information content (AvgIpc) is 2.72. The topological polar surface area (TPSA) is 41.1 Å². The summed E-state index contributed by atoms with van der Waals surface area (Å²) < 4.78 is 0. The van der Waals surface area contributed by atoms with Crippen LogP contribution in [0.1, 0.15) is 135 Å². The predicted octanol–water partition coefficient (Wildman–Crippen LogP) is 8.29. The second kappa shape index (κ2) is 25.0. The third-order valence-electron chi connectivity index (χ3n) is 5.69. The molecule has 0 radical (unpaired) electrons. The summed E-state index contributed by atoms with van der Waals surface area (Å²) in [6.45, 7) is 7.66. The molecule has 0 bridgehead atoms. The first-order valence-electron chi connectivity index (χ1n) is 12.9. The van der Waals surface area contributed by atoms with Crippen molar-refractivity contribution in [3.05, 3.63) is 12.7 Å². The van der Waals surface area contributed by atoms with Gasteiger partial charge in [-0.15, -0.1) is 6.58 Å². The highest BCUT2D eigenvalue weighted by Gasteiger charge is 1.99. The van der Waals surface area contributed by atoms with E-state index in [2.05, 4.69) is 24.1 Å². The molecule has 0 aromatic heterocycles. The molecule has 0 aliphatic heterocycles. The number of carbonyl (C=O) groups excluding carboxylic acids is 1. The van der Waals surface area contributed by atoms with Gasteiger partial charge in [-0.25, -0.2) is 4.79 Å². The standard InChI is InChI=1S/C26H52N2O/c1-3-5-7-9-11-13-15-17-19-21-23-25-28-26(29)27-24-22-20-18-16-14-12-10-8-6-4-2/h3H,1,4-25H2,2H3,(H2,27,28,29). The van der Waals surface area contributed by atoms with E-state index in [-0.39, 0.29) is 6.03 Å². The van der Waals surface area contributed by atoms with Gasteiger partial charge in [0.1, 0.15) is 0 Å². The van der Waals surface area contributed by atoms with Gasteiger partial charge in [0.25, 0.3) is 0 Å². The predicted molar refractivity (Wildman–Crippen MR) is 130 cm³/mol. The van der Waals surface area contributed by atoms with Gasteiger partial charge in [0.2, 0.25) is 0 Å². The van der Waals surface area contributed by atoms with Crippen molar-refractivity contribution >= 4 is 6.03 Å². The van der Waals surface area contributed by atoms with Gasteiger partial charge < -0.3 is 10.6 Å². The molecule has 2 amide bonds. The maximum Gasteiger partial charge on any atom is 0.314 e. The van der Waals surface area contributed by atoms with Crippen LogP contribution >= 0.6 is 0 Å². The first-order valence-corrected chi connectivity index (χ1v) is 12.9. The molecule has 0 aromatic rings. The number of unbranched alkanes of at least 4 members (excludes halogenated alkanes) is 18. The molecule has 0 fully saturated rings. The Labute approximate surface area is 182 Å². The zero-order valence-corrected chi connectivity index (χ0v) is 19.7. The molecule has 0 spiro atoms. The lowest BCUT2D eigenvalue weighted by Gasteiger charge is -2.08. The van der Waals surface area contributed by atoms with Crippen molar-refractivity contribution in [1.29, 1.82) is 0 Å². The Hall–Kier alpha value is -0.990. The van der Waals surface area contributed by atoms with Gasteiger partial charge in [0.05, 0.1) is 0 Å². The largest absolute Gasteiger partial charge is 0.338 e. The summed E-state index contributed by atoms with van der Waals surface area (Å²) in [5, 5.41) is 5.98. The Balaban J connectivity index is 3.14. The number of hydrogen-bond donors (Lipinski definition) is 2. The summed E-state index contributed by atoms with van der Waals surface area (Å²) in [6, 6.07) is 0.0143. The van der Waals surface area contributed by atoms with E-state index < -0.39 is 0 Å². The maximum atomic E-state index is 11.8. The minimum atomic E-state index is 0.0143. The Morgan fingerprint density at radius 1 is 0.586 bits per heavy atom. The number of rotatable bonds is 23. The van der Waals surface area contributed by atoms with E-state index in [9.17, 15) is 4.79 Å². The van der Waals surface area contributed by atoms with Crippen LogP contribution in [0, 0.1) is 0 Å². The van der Waals surface area contributed by atoms with E-state index in [4.69, 9.17) is 0 Å². The van der Waals surface area contributed by atoms with E-state index in [0.29, 0.717) is 0 Å². The fraction of sp³-hybridized carbons (Fsp3) is 0.885. The Morgan fingerprint density at radius 2 is 0.931 bits per heavy atom. The van der Waals surface area contributed by atoms with Crippen LogP contribution in [0.25, 0.3) is 0 Å². The van der Waals surface area contributed by atoms with Gasteiger partial charge in [-0.3, -0.25) is 0 Å². The molecule has 0 saturated heterocycles. The van der Waals surface area contributed by atoms with Gasteiger partial charge in [-0.2, -0.15) is 0 Å². The van der Waals surface area contributed by atoms with E-state index in [0.717, 1.165) is 25.9 Å². The monoisotopic (exact) mass is 408 g/mol. The zero-order chi connectivity index (χ0) is 21.3. The number of nitrogens with one attached hydrogen (secondary N) is 2. The molecule has 2 N–H and O–H groups in total. The van der Waals surface area contributed by atoms with Crippen molar-refractivity contribution in [2.45, 2.75) is 135 Å². The van der Waals surface area contributed by atoms with Gasteiger partial charge in [-0.05, 0) is 25.7 Å². The molecule has 0 aliphatic carbocycles. The molecular weight excluding hydrogens is 356 g/mol. The summed E-state index contributed by atoms with van der Waals surface area (Å²) in [6.07, 6.45) is 28.3. The highest BCUT2D eigenvalue weighted by Crippen LogP contribution is 2.11. The first kappa shape index (κ1) is 28.0. The zero-order valence-electron chi connectivity index (χ0n) is 19.7. The normalized spacial score (nSPS) is 10.8. The van der Waals surface area contributed by atoms with E-state index in [1.807, 2.05) is 6.08 Å². The van der Waals surface area contributed by atoms with Crippen LogP contribution in [0.3, 0.4) is 0 Å². The highest BCUT2D eigenvalue weighted by molar-refractivity contribution is 5.73. The molecule has 0 saturated carbocycles. The van der Waals surface area contributed by atoms with Gasteiger partial charge in [-0.1, -0.05) is 116 Å². The number of amides is 2. The van der Waals surface area contributed by atoms with Crippen LogP contribution in [0.5, 0.6) is 0 Å². The minimum Gasteiger partial charge on any atom is -0.338 e. The van der Waals surface area contributed by atoms with Crippen LogP contribution in [-0.2, 0) is 0 Å². The number of carbonyl (C=O) groups is 1. The molecule has 3 nitrogen and oxygen atoms in total. The highest BCUT2D eigenvalue weighted by atomic mass is 16.2. The lowest BCUT2D eigenvalue weighted by atomic mass is 10.1. The Kier molecular flexibility index (Phi) is 24.2. The molecule has 0 atom stereocenters. The second-order valence-electron chi connectivity index (χ2n) is 8.62. The van der Waals surface area contributed by atoms with Crippen molar-refractivity contribution in [3.8, 4) is 0 Å². The van der Waals surface area contributed by atoms with Crippen molar-refractivity contribution in [3.63, 3.8) is 0 Å². The summed E-state index contributed by atoms with van der Waals surface area (Å²) in [7, 11) is 0. The molecule has 172 valence electrons. The molecule has 0 unspecified atom stereocenters. The summed E-state index contributed by atoms with van der Waals surface area (Å²) in [4.78, 5) is 11.8. The lowest BCUT2D eigenvalue weighted by molar-refractivity contribution is 0.240. The maximum absolute atomic E-state index is 11.8. The van der Waals surface area contributed by atoms with Crippen molar-refractivity contribution in [2.24, 2.45) is 0 Å².